The molecular formula is C18H20N2O5. The SMILES string of the molecule is COc1cc(C(=O)N(CCC#N)Cc2ccco2)cc(OC)c1OC. The summed E-state index contributed by atoms with van der Waals surface area (Å²) in [6.45, 7) is 0.552. The van der Waals surface area contributed by atoms with Gasteiger partial charge in [-0.3, -0.25) is 4.79 Å². The lowest BCUT2D eigenvalue weighted by atomic mass is 10.1. The van der Waals surface area contributed by atoms with Crippen LogP contribution in [-0.4, -0.2) is 38.7 Å². The van der Waals surface area contributed by atoms with E-state index in [4.69, 9.17) is 23.9 Å². The van der Waals surface area contributed by atoms with Crippen LogP contribution in [0.3, 0.4) is 0 Å². The molecule has 2 aromatic rings. The van der Waals surface area contributed by atoms with Crippen molar-refractivity contribution in [1.82, 2.24) is 4.90 Å². The summed E-state index contributed by atoms with van der Waals surface area (Å²) in [6, 6.07) is 8.76. The minimum atomic E-state index is -0.258. The molecule has 0 aliphatic carbocycles. The second-order valence-electron chi connectivity index (χ2n) is 5.13. The number of amides is 1. The number of hydrogen-bond acceptors (Lipinski definition) is 6. The van der Waals surface area contributed by atoms with Gasteiger partial charge >= 0.3 is 0 Å². The normalized spacial score (nSPS) is 10.0. The number of nitriles is 1. The van der Waals surface area contributed by atoms with Gasteiger partial charge in [0.15, 0.2) is 11.5 Å². The van der Waals surface area contributed by atoms with E-state index >= 15 is 0 Å². The van der Waals surface area contributed by atoms with Crippen molar-refractivity contribution in [2.45, 2.75) is 13.0 Å². The third kappa shape index (κ3) is 4.23. The number of rotatable bonds is 8. The Labute approximate surface area is 146 Å². The Hall–Kier alpha value is -3.14. The molecule has 132 valence electrons. The molecule has 7 nitrogen and oxygen atoms in total. The van der Waals surface area contributed by atoms with Gasteiger partial charge < -0.3 is 23.5 Å². The van der Waals surface area contributed by atoms with Crippen molar-refractivity contribution in [3.05, 3.63) is 41.9 Å². The van der Waals surface area contributed by atoms with E-state index in [1.54, 1.807) is 35.4 Å². The predicted molar refractivity (Wildman–Crippen MR) is 89.8 cm³/mol. The maximum Gasteiger partial charge on any atom is 0.254 e. The quantitative estimate of drug-likeness (QED) is 0.732. The molecule has 1 aromatic carbocycles. The van der Waals surface area contributed by atoms with Crippen LogP contribution in [0.4, 0.5) is 0 Å². The van der Waals surface area contributed by atoms with Gasteiger partial charge in [-0.1, -0.05) is 0 Å². The lowest BCUT2D eigenvalue weighted by molar-refractivity contribution is 0.0734. The van der Waals surface area contributed by atoms with Crippen LogP contribution in [-0.2, 0) is 6.54 Å². The summed E-state index contributed by atoms with van der Waals surface area (Å²) in [7, 11) is 4.47. The van der Waals surface area contributed by atoms with E-state index in [1.165, 1.54) is 21.3 Å². The molecule has 0 bridgehead atoms. The van der Waals surface area contributed by atoms with E-state index in [0.717, 1.165) is 0 Å². The minimum absolute atomic E-state index is 0.219. The minimum Gasteiger partial charge on any atom is -0.493 e. The first-order chi connectivity index (χ1) is 12.1. The Bertz CT molecular complexity index is 724. The van der Waals surface area contributed by atoms with E-state index in [-0.39, 0.29) is 25.4 Å². The molecule has 0 saturated carbocycles. The smallest absolute Gasteiger partial charge is 0.254 e. The van der Waals surface area contributed by atoms with Gasteiger partial charge in [0.1, 0.15) is 5.76 Å². The molecule has 0 aliphatic rings. The third-order valence-corrected chi connectivity index (χ3v) is 3.62. The first-order valence-electron chi connectivity index (χ1n) is 7.63. The number of ether oxygens (including phenoxy) is 3. The first kappa shape index (κ1) is 18.2. The average Bonchev–Trinajstić information content (AvgIpc) is 3.16. The van der Waals surface area contributed by atoms with Gasteiger partial charge in [-0.25, -0.2) is 0 Å². The molecule has 0 N–H and O–H groups in total. The Morgan fingerprint density at radius 1 is 1.20 bits per heavy atom. The van der Waals surface area contributed by atoms with Gasteiger partial charge in [0.2, 0.25) is 5.75 Å². The van der Waals surface area contributed by atoms with Crippen molar-refractivity contribution in [3.63, 3.8) is 0 Å². The molecule has 0 saturated heterocycles. The highest BCUT2D eigenvalue weighted by Crippen LogP contribution is 2.38. The third-order valence-electron chi connectivity index (χ3n) is 3.62. The Morgan fingerprint density at radius 3 is 2.36 bits per heavy atom. The highest BCUT2D eigenvalue weighted by molar-refractivity contribution is 5.95. The summed E-state index contributed by atoms with van der Waals surface area (Å²) in [5.74, 6) is 1.58. The molecule has 1 heterocycles. The van der Waals surface area contributed by atoms with Crippen molar-refractivity contribution in [1.29, 1.82) is 5.26 Å². The molecule has 0 unspecified atom stereocenters. The molecule has 0 aliphatic heterocycles. The number of carbonyl (C=O) groups excluding carboxylic acids is 1. The number of hydrogen-bond donors (Lipinski definition) is 0. The molecule has 0 atom stereocenters. The van der Waals surface area contributed by atoms with Gasteiger partial charge in [0.25, 0.3) is 5.91 Å². The first-order valence-corrected chi connectivity index (χ1v) is 7.63. The zero-order valence-electron chi connectivity index (χ0n) is 14.4. The molecule has 0 fully saturated rings. The average molecular weight is 344 g/mol. The van der Waals surface area contributed by atoms with Gasteiger partial charge in [-0.15, -0.1) is 0 Å². The summed E-state index contributed by atoms with van der Waals surface area (Å²) in [4.78, 5) is 14.5. The highest BCUT2D eigenvalue weighted by Gasteiger charge is 2.22. The Morgan fingerprint density at radius 2 is 1.88 bits per heavy atom. The molecule has 2 rings (SSSR count). The van der Waals surface area contributed by atoms with E-state index in [0.29, 0.717) is 28.6 Å². The van der Waals surface area contributed by atoms with E-state index in [2.05, 4.69) is 6.07 Å². The number of furan rings is 1. The molecular weight excluding hydrogens is 324 g/mol. The number of benzene rings is 1. The van der Waals surface area contributed by atoms with Crippen LogP contribution in [0, 0.1) is 11.3 Å². The zero-order valence-corrected chi connectivity index (χ0v) is 14.4. The van der Waals surface area contributed by atoms with E-state index in [1.807, 2.05) is 0 Å². The van der Waals surface area contributed by atoms with Crippen molar-refractivity contribution >= 4 is 5.91 Å². The van der Waals surface area contributed by atoms with Crippen LogP contribution < -0.4 is 14.2 Å². The second-order valence-corrected chi connectivity index (χ2v) is 5.13. The van der Waals surface area contributed by atoms with E-state index in [9.17, 15) is 4.79 Å². The lowest BCUT2D eigenvalue weighted by Crippen LogP contribution is -2.31. The van der Waals surface area contributed by atoms with Crippen molar-refractivity contribution in [2.75, 3.05) is 27.9 Å². The fraction of sp³-hybridized carbons (Fsp3) is 0.333. The maximum atomic E-state index is 12.9. The second kappa shape index (κ2) is 8.64. The molecule has 7 heteroatoms. The monoisotopic (exact) mass is 344 g/mol. The summed E-state index contributed by atoms with van der Waals surface area (Å²) in [5, 5.41) is 8.86. The van der Waals surface area contributed by atoms with Crippen molar-refractivity contribution in [2.24, 2.45) is 0 Å². The number of nitrogens with zero attached hydrogens (tertiary/aromatic N) is 2. The summed E-state index contributed by atoms with van der Waals surface area (Å²) in [6.07, 6.45) is 1.76. The fourth-order valence-electron chi connectivity index (χ4n) is 2.42. The predicted octanol–water partition coefficient (Wildman–Crippen LogP) is 2.86. The lowest BCUT2D eigenvalue weighted by Gasteiger charge is -2.22. The van der Waals surface area contributed by atoms with Crippen LogP contribution in [0.25, 0.3) is 0 Å². The summed E-state index contributed by atoms with van der Waals surface area (Å²) < 4.78 is 21.2. The maximum absolute atomic E-state index is 12.9. The van der Waals surface area contributed by atoms with Crippen LogP contribution in [0.2, 0.25) is 0 Å². The van der Waals surface area contributed by atoms with Crippen molar-refractivity contribution in [3.8, 4) is 23.3 Å². The molecule has 0 spiro atoms. The molecule has 0 radical (unpaired) electrons. The summed E-state index contributed by atoms with van der Waals surface area (Å²) >= 11 is 0. The van der Waals surface area contributed by atoms with Crippen molar-refractivity contribution < 1.29 is 23.4 Å². The van der Waals surface area contributed by atoms with Gasteiger partial charge in [0.05, 0.1) is 46.6 Å². The highest BCUT2D eigenvalue weighted by atomic mass is 16.5. The fourth-order valence-corrected chi connectivity index (χ4v) is 2.42. The topological polar surface area (TPSA) is 84.9 Å². The molecule has 1 amide bonds. The van der Waals surface area contributed by atoms with Gasteiger partial charge in [0, 0.05) is 12.1 Å². The van der Waals surface area contributed by atoms with Crippen LogP contribution >= 0.6 is 0 Å². The molecule has 25 heavy (non-hydrogen) atoms. The van der Waals surface area contributed by atoms with E-state index < -0.39 is 0 Å². The zero-order chi connectivity index (χ0) is 18.2. The Kier molecular flexibility index (Phi) is 6.29. The molecule has 1 aromatic heterocycles. The van der Waals surface area contributed by atoms with Crippen LogP contribution in [0.15, 0.2) is 34.9 Å². The number of methoxy groups -OCH3 is 3. The Balaban J connectivity index is 2.35. The van der Waals surface area contributed by atoms with Crippen LogP contribution in [0.5, 0.6) is 17.2 Å². The van der Waals surface area contributed by atoms with Gasteiger partial charge in [-0.05, 0) is 24.3 Å². The number of carbonyl (C=O) groups is 1. The largest absolute Gasteiger partial charge is 0.493 e. The van der Waals surface area contributed by atoms with Crippen LogP contribution in [0.1, 0.15) is 22.5 Å². The van der Waals surface area contributed by atoms with Gasteiger partial charge in [-0.2, -0.15) is 5.26 Å². The summed E-state index contributed by atoms with van der Waals surface area (Å²) in [5.41, 5.74) is 0.374. The standard InChI is InChI=1S/C18H20N2O5/c1-22-15-10-13(11-16(23-2)17(15)24-3)18(21)20(8-5-7-19)12-14-6-4-9-25-14/h4,6,9-11H,5,8,12H2,1-3H3.